The minimum atomic E-state index is -0.483. The molecule has 0 aromatic heterocycles. The van der Waals surface area contributed by atoms with Crippen LogP contribution in [0.15, 0.2) is 78.9 Å². The van der Waals surface area contributed by atoms with Gasteiger partial charge in [-0.15, -0.1) is 0 Å². The van der Waals surface area contributed by atoms with Gasteiger partial charge in [0, 0.05) is 11.6 Å². The topological polar surface area (TPSA) is 76.7 Å². The molecule has 0 aliphatic heterocycles. The largest absolute Gasteiger partial charge is 0.497 e. The number of carbonyl (C=O) groups is 2. The lowest BCUT2D eigenvalue weighted by molar-refractivity contribution is -0.116. The molecule has 154 valence electrons. The van der Waals surface area contributed by atoms with Crippen LogP contribution in [0.25, 0.3) is 0 Å². The van der Waals surface area contributed by atoms with E-state index < -0.39 is 6.04 Å². The van der Waals surface area contributed by atoms with E-state index >= 15 is 0 Å². The number of hydrogen-bond acceptors (Lipinski definition) is 4. The first-order valence-electron chi connectivity index (χ1n) is 9.53. The van der Waals surface area contributed by atoms with E-state index in [0.717, 1.165) is 5.56 Å². The molecule has 0 heterocycles. The summed E-state index contributed by atoms with van der Waals surface area (Å²) in [6, 6.07) is 23.0. The highest BCUT2D eigenvalue weighted by Crippen LogP contribution is 2.29. The van der Waals surface area contributed by atoms with E-state index in [-0.39, 0.29) is 18.2 Å². The number of anilines is 1. The fourth-order valence-electron chi connectivity index (χ4n) is 3.06. The Balaban J connectivity index is 1.76. The average Bonchev–Trinajstić information content (AvgIpc) is 2.80. The van der Waals surface area contributed by atoms with Crippen molar-refractivity contribution in [2.75, 3.05) is 19.5 Å². The van der Waals surface area contributed by atoms with E-state index in [9.17, 15) is 9.59 Å². The fraction of sp³-hybridized carbons (Fsp3) is 0.167. The Morgan fingerprint density at radius 1 is 0.867 bits per heavy atom. The minimum Gasteiger partial charge on any atom is -0.497 e. The zero-order valence-electron chi connectivity index (χ0n) is 16.9. The van der Waals surface area contributed by atoms with Crippen LogP contribution in [0.1, 0.15) is 28.4 Å². The van der Waals surface area contributed by atoms with Gasteiger partial charge in [0.25, 0.3) is 5.91 Å². The van der Waals surface area contributed by atoms with Gasteiger partial charge in [-0.1, -0.05) is 48.5 Å². The fourth-order valence-corrected chi connectivity index (χ4v) is 3.06. The quantitative estimate of drug-likeness (QED) is 0.590. The van der Waals surface area contributed by atoms with Gasteiger partial charge in [-0.25, -0.2) is 0 Å². The summed E-state index contributed by atoms with van der Waals surface area (Å²) in [6.07, 6.45) is 0.0672. The molecule has 0 bridgehead atoms. The third kappa shape index (κ3) is 5.38. The monoisotopic (exact) mass is 404 g/mol. The molecule has 3 rings (SSSR count). The van der Waals surface area contributed by atoms with E-state index in [1.807, 2.05) is 36.4 Å². The first-order valence-corrected chi connectivity index (χ1v) is 9.53. The zero-order chi connectivity index (χ0) is 21.3. The lowest BCUT2D eigenvalue weighted by atomic mass is 10.0. The molecule has 0 radical (unpaired) electrons. The predicted molar refractivity (Wildman–Crippen MR) is 116 cm³/mol. The molecule has 2 amide bonds. The summed E-state index contributed by atoms with van der Waals surface area (Å²) < 4.78 is 10.5. The molecule has 0 aliphatic carbocycles. The summed E-state index contributed by atoms with van der Waals surface area (Å²) in [5.41, 5.74) is 1.92. The predicted octanol–water partition coefficient (Wildman–Crippen LogP) is 4.20. The second-order valence-electron chi connectivity index (χ2n) is 6.62. The number of rotatable bonds is 8. The van der Waals surface area contributed by atoms with Crippen molar-refractivity contribution in [3.05, 3.63) is 90.0 Å². The van der Waals surface area contributed by atoms with Gasteiger partial charge in [0.2, 0.25) is 5.91 Å². The number of amides is 2. The van der Waals surface area contributed by atoms with Gasteiger partial charge in [-0.05, 0) is 29.8 Å². The van der Waals surface area contributed by atoms with Gasteiger partial charge in [-0.3, -0.25) is 9.59 Å². The molecule has 6 nitrogen and oxygen atoms in total. The molecule has 3 aromatic carbocycles. The van der Waals surface area contributed by atoms with Crippen molar-refractivity contribution in [3.8, 4) is 11.5 Å². The molecular weight excluding hydrogens is 380 g/mol. The SMILES string of the molecule is COc1ccc(NC(=O)C[C@H](NC(=O)c2ccccc2)c2ccccc2)c(OC)c1. The lowest BCUT2D eigenvalue weighted by Crippen LogP contribution is -2.31. The van der Waals surface area contributed by atoms with E-state index in [2.05, 4.69) is 10.6 Å². The van der Waals surface area contributed by atoms with Gasteiger partial charge >= 0.3 is 0 Å². The van der Waals surface area contributed by atoms with Gasteiger partial charge in [0.05, 0.1) is 32.4 Å². The first-order chi connectivity index (χ1) is 14.6. The molecule has 0 saturated heterocycles. The minimum absolute atomic E-state index is 0.0672. The number of benzene rings is 3. The third-order valence-corrected chi connectivity index (χ3v) is 4.62. The van der Waals surface area contributed by atoms with Crippen molar-refractivity contribution in [2.45, 2.75) is 12.5 Å². The summed E-state index contributed by atoms with van der Waals surface area (Å²) in [5, 5.41) is 5.82. The van der Waals surface area contributed by atoms with Crippen molar-refractivity contribution in [1.82, 2.24) is 5.32 Å². The Kier molecular flexibility index (Phi) is 7.05. The van der Waals surface area contributed by atoms with Crippen LogP contribution >= 0.6 is 0 Å². The summed E-state index contributed by atoms with van der Waals surface area (Å²) in [4.78, 5) is 25.5. The lowest BCUT2D eigenvalue weighted by Gasteiger charge is -2.20. The van der Waals surface area contributed by atoms with Crippen LogP contribution in [0.4, 0.5) is 5.69 Å². The van der Waals surface area contributed by atoms with Crippen LogP contribution in [0.2, 0.25) is 0 Å². The zero-order valence-corrected chi connectivity index (χ0v) is 16.9. The van der Waals surface area contributed by atoms with E-state index in [0.29, 0.717) is 22.7 Å². The summed E-state index contributed by atoms with van der Waals surface area (Å²) in [7, 11) is 3.09. The summed E-state index contributed by atoms with van der Waals surface area (Å²) in [6.45, 7) is 0. The molecular formula is C24H24N2O4. The highest BCUT2D eigenvalue weighted by Gasteiger charge is 2.20. The Morgan fingerprint density at radius 2 is 1.53 bits per heavy atom. The molecule has 0 spiro atoms. The molecule has 0 saturated carbocycles. The first kappa shape index (κ1) is 20.9. The highest BCUT2D eigenvalue weighted by molar-refractivity contribution is 5.96. The maximum atomic E-state index is 12.8. The van der Waals surface area contributed by atoms with Crippen LogP contribution in [0.3, 0.4) is 0 Å². The third-order valence-electron chi connectivity index (χ3n) is 4.62. The maximum absolute atomic E-state index is 12.8. The van der Waals surface area contributed by atoms with Crippen LogP contribution in [0.5, 0.6) is 11.5 Å². The second kappa shape index (κ2) is 10.1. The number of hydrogen-bond donors (Lipinski definition) is 2. The Morgan fingerprint density at radius 3 is 2.17 bits per heavy atom. The van der Waals surface area contributed by atoms with Gasteiger partial charge < -0.3 is 20.1 Å². The normalized spacial score (nSPS) is 11.3. The number of ether oxygens (including phenoxy) is 2. The van der Waals surface area contributed by atoms with Gasteiger partial charge in [0.15, 0.2) is 0 Å². The van der Waals surface area contributed by atoms with Crippen LogP contribution in [0, 0.1) is 0 Å². The molecule has 3 aromatic rings. The molecule has 1 atom stereocenters. The standard InChI is InChI=1S/C24H24N2O4/c1-29-19-13-14-20(22(15-19)30-2)25-23(27)16-21(17-9-5-3-6-10-17)26-24(28)18-11-7-4-8-12-18/h3-15,21H,16H2,1-2H3,(H,25,27)(H,26,28)/t21-/m0/s1. The maximum Gasteiger partial charge on any atom is 0.251 e. The van der Waals surface area contributed by atoms with Crippen molar-refractivity contribution < 1.29 is 19.1 Å². The number of methoxy groups -OCH3 is 2. The van der Waals surface area contributed by atoms with Gasteiger partial charge in [0.1, 0.15) is 11.5 Å². The van der Waals surface area contributed by atoms with Crippen LogP contribution in [-0.2, 0) is 4.79 Å². The molecule has 0 aliphatic rings. The van der Waals surface area contributed by atoms with E-state index in [1.54, 1.807) is 49.6 Å². The smallest absolute Gasteiger partial charge is 0.251 e. The molecule has 6 heteroatoms. The molecule has 2 N–H and O–H groups in total. The Hall–Kier alpha value is -3.80. The Bertz CT molecular complexity index is 991. The van der Waals surface area contributed by atoms with Gasteiger partial charge in [-0.2, -0.15) is 0 Å². The number of carbonyl (C=O) groups excluding carboxylic acids is 2. The summed E-state index contributed by atoms with van der Waals surface area (Å²) in [5.74, 6) is 0.634. The summed E-state index contributed by atoms with van der Waals surface area (Å²) >= 11 is 0. The van der Waals surface area contributed by atoms with Crippen molar-refractivity contribution >= 4 is 17.5 Å². The average molecular weight is 404 g/mol. The van der Waals surface area contributed by atoms with Crippen LogP contribution < -0.4 is 20.1 Å². The van der Waals surface area contributed by atoms with Crippen LogP contribution in [-0.4, -0.2) is 26.0 Å². The Labute approximate surface area is 175 Å². The highest BCUT2D eigenvalue weighted by atomic mass is 16.5. The second-order valence-corrected chi connectivity index (χ2v) is 6.62. The molecule has 0 fully saturated rings. The van der Waals surface area contributed by atoms with E-state index in [1.165, 1.54) is 7.11 Å². The molecule has 30 heavy (non-hydrogen) atoms. The van der Waals surface area contributed by atoms with Crippen molar-refractivity contribution in [3.63, 3.8) is 0 Å². The molecule has 0 unspecified atom stereocenters. The number of nitrogens with one attached hydrogen (secondary N) is 2. The van der Waals surface area contributed by atoms with E-state index in [4.69, 9.17) is 9.47 Å². The van der Waals surface area contributed by atoms with Crippen molar-refractivity contribution in [2.24, 2.45) is 0 Å². The van der Waals surface area contributed by atoms with Crippen molar-refractivity contribution in [1.29, 1.82) is 0 Å².